The predicted octanol–water partition coefficient (Wildman–Crippen LogP) is 4.40. The van der Waals surface area contributed by atoms with E-state index in [1.807, 2.05) is 32.0 Å². The van der Waals surface area contributed by atoms with Crippen LogP contribution >= 0.6 is 11.6 Å². The van der Waals surface area contributed by atoms with Crippen LogP contribution in [0.1, 0.15) is 19.4 Å². The summed E-state index contributed by atoms with van der Waals surface area (Å²) in [6.45, 7) is 3.73. The zero-order valence-corrected chi connectivity index (χ0v) is 13.3. The molecule has 0 fully saturated rings. The largest absolute Gasteiger partial charge is 0.324 e. The van der Waals surface area contributed by atoms with Gasteiger partial charge in [0, 0.05) is 10.7 Å². The molecule has 1 unspecified atom stereocenters. The molecule has 0 aliphatic heterocycles. The highest BCUT2D eigenvalue weighted by molar-refractivity contribution is 6.30. The van der Waals surface area contributed by atoms with Crippen LogP contribution in [0.2, 0.25) is 5.02 Å². The maximum atomic E-state index is 12.8. The highest BCUT2D eigenvalue weighted by atomic mass is 35.5. The van der Waals surface area contributed by atoms with Crippen molar-refractivity contribution in [1.82, 2.24) is 0 Å². The first-order valence-electron chi connectivity index (χ1n) is 7.04. The first-order chi connectivity index (χ1) is 10.5. The van der Waals surface area contributed by atoms with E-state index in [-0.39, 0.29) is 11.8 Å². The molecule has 0 saturated carbocycles. The number of carbonyl (C=O) groups excluding carboxylic acids is 1. The average molecular weight is 313 g/mol. The molecule has 4 heteroatoms. The Hall–Kier alpha value is -2.31. The maximum absolute atomic E-state index is 12.8. The Morgan fingerprint density at radius 1 is 1.14 bits per heavy atom. The van der Waals surface area contributed by atoms with Crippen LogP contribution in [0, 0.1) is 17.2 Å². The topological polar surface area (TPSA) is 52.9 Å². The van der Waals surface area contributed by atoms with Crippen molar-refractivity contribution >= 4 is 23.2 Å². The number of nitrogens with one attached hydrogen (secondary N) is 1. The molecule has 0 aliphatic carbocycles. The standard InChI is InChI=1S/C18H17ClN2O/c1-13(2)18(12-20,14-8-10-15(19)11-9-14)17(22)21-16-6-4-3-5-7-16/h3-11,13H,1-2H3,(H,21,22). The lowest BCUT2D eigenvalue weighted by Gasteiger charge is -2.30. The summed E-state index contributed by atoms with van der Waals surface area (Å²) in [5.41, 5.74) is 0.0463. The lowest BCUT2D eigenvalue weighted by molar-refractivity contribution is -0.121. The van der Waals surface area contributed by atoms with Gasteiger partial charge >= 0.3 is 0 Å². The Balaban J connectivity index is 2.43. The lowest BCUT2D eigenvalue weighted by Crippen LogP contribution is -2.43. The molecule has 112 valence electrons. The summed E-state index contributed by atoms with van der Waals surface area (Å²) in [5.74, 6) is -0.527. The minimum atomic E-state index is -1.26. The molecule has 0 bridgehead atoms. The number of para-hydroxylation sites is 1. The van der Waals surface area contributed by atoms with E-state index in [1.54, 1.807) is 36.4 Å². The smallest absolute Gasteiger partial charge is 0.249 e. The Labute approximate surface area is 135 Å². The quantitative estimate of drug-likeness (QED) is 0.910. The van der Waals surface area contributed by atoms with E-state index < -0.39 is 5.41 Å². The highest BCUT2D eigenvalue weighted by Crippen LogP contribution is 2.34. The van der Waals surface area contributed by atoms with Gasteiger partial charge in [0.1, 0.15) is 0 Å². The predicted molar refractivity (Wildman–Crippen MR) is 88.7 cm³/mol. The number of rotatable bonds is 4. The Kier molecular flexibility index (Phi) is 4.85. The molecule has 2 aromatic carbocycles. The van der Waals surface area contributed by atoms with E-state index in [0.717, 1.165) is 0 Å². The molecule has 0 aliphatic rings. The number of amides is 1. The molecule has 3 nitrogen and oxygen atoms in total. The molecule has 1 atom stereocenters. The molecule has 0 spiro atoms. The van der Waals surface area contributed by atoms with Crippen LogP contribution < -0.4 is 5.32 Å². The number of nitrogens with zero attached hydrogens (tertiary/aromatic N) is 1. The van der Waals surface area contributed by atoms with Crippen LogP contribution in [0.4, 0.5) is 5.69 Å². The van der Waals surface area contributed by atoms with Gasteiger partial charge in [0.25, 0.3) is 0 Å². The third-order valence-corrected chi connectivity index (χ3v) is 3.98. The fourth-order valence-electron chi connectivity index (χ4n) is 2.43. The van der Waals surface area contributed by atoms with Gasteiger partial charge in [0.15, 0.2) is 5.41 Å². The van der Waals surface area contributed by atoms with Crippen LogP contribution in [-0.2, 0) is 10.2 Å². The maximum Gasteiger partial charge on any atom is 0.249 e. The van der Waals surface area contributed by atoms with Gasteiger partial charge in [-0.2, -0.15) is 5.26 Å². The number of hydrogen-bond acceptors (Lipinski definition) is 2. The molecule has 1 amide bonds. The van der Waals surface area contributed by atoms with Gasteiger partial charge in [0.2, 0.25) is 5.91 Å². The van der Waals surface area contributed by atoms with Crippen molar-refractivity contribution < 1.29 is 4.79 Å². The second kappa shape index (κ2) is 6.64. The number of anilines is 1. The first-order valence-corrected chi connectivity index (χ1v) is 7.42. The van der Waals surface area contributed by atoms with Gasteiger partial charge in [-0.05, 0) is 35.7 Å². The SMILES string of the molecule is CC(C)C(C#N)(C(=O)Nc1ccccc1)c1ccc(Cl)cc1. The number of halogens is 1. The summed E-state index contributed by atoms with van der Waals surface area (Å²) >= 11 is 5.91. The molecule has 1 N–H and O–H groups in total. The summed E-state index contributed by atoms with van der Waals surface area (Å²) in [5, 5.41) is 13.2. The molecule has 0 radical (unpaired) electrons. The third kappa shape index (κ3) is 2.98. The molecule has 0 saturated heterocycles. The lowest BCUT2D eigenvalue weighted by atomic mass is 9.72. The Bertz CT molecular complexity index is 689. The second-order valence-electron chi connectivity index (χ2n) is 5.40. The first kappa shape index (κ1) is 16.1. The number of nitriles is 1. The van der Waals surface area contributed by atoms with Crippen molar-refractivity contribution in [3.63, 3.8) is 0 Å². The van der Waals surface area contributed by atoms with Gasteiger partial charge in [0.05, 0.1) is 6.07 Å². The van der Waals surface area contributed by atoms with Crippen molar-refractivity contribution in [3.05, 3.63) is 65.2 Å². The molecule has 2 rings (SSSR count). The monoisotopic (exact) mass is 312 g/mol. The summed E-state index contributed by atoms with van der Waals surface area (Å²) < 4.78 is 0. The molecule has 22 heavy (non-hydrogen) atoms. The molecule has 0 aromatic heterocycles. The molecular weight excluding hydrogens is 296 g/mol. The number of hydrogen-bond donors (Lipinski definition) is 1. The van der Waals surface area contributed by atoms with Crippen molar-refractivity contribution in [2.24, 2.45) is 5.92 Å². The summed E-state index contributed by atoms with van der Waals surface area (Å²) in [7, 11) is 0. The summed E-state index contributed by atoms with van der Waals surface area (Å²) in [4.78, 5) is 12.8. The molecule has 0 heterocycles. The average Bonchev–Trinajstić information content (AvgIpc) is 2.51. The van der Waals surface area contributed by atoms with Crippen LogP contribution in [0.15, 0.2) is 54.6 Å². The number of benzene rings is 2. The van der Waals surface area contributed by atoms with Crippen LogP contribution in [-0.4, -0.2) is 5.91 Å². The minimum absolute atomic E-state index is 0.192. The van der Waals surface area contributed by atoms with Crippen molar-refractivity contribution in [2.75, 3.05) is 5.32 Å². The van der Waals surface area contributed by atoms with Gasteiger partial charge in [-0.25, -0.2) is 0 Å². The second-order valence-corrected chi connectivity index (χ2v) is 5.84. The third-order valence-electron chi connectivity index (χ3n) is 3.73. The van der Waals surface area contributed by atoms with E-state index in [9.17, 15) is 10.1 Å². The van der Waals surface area contributed by atoms with Crippen molar-refractivity contribution in [3.8, 4) is 6.07 Å². The van der Waals surface area contributed by atoms with Crippen LogP contribution in [0.25, 0.3) is 0 Å². The highest BCUT2D eigenvalue weighted by Gasteiger charge is 2.43. The van der Waals surface area contributed by atoms with Crippen molar-refractivity contribution in [1.29, 1.82) is 5.26 Å². The summed E-state index contributed by atoms with van der Waals surface area (Å²) in [6.07, 6.45) is 0. The zero-order chi connectivity index (χ0) is 16.2. The fourth-order valence-corrected chi connectivity index (χ4v) is 2.56. The van der Waals surface area contributed by atoms with Crippen molar-refractivity contribution in [2.45, 2.75) is 19.3 Å². The van der Waals surface area contributed by atoms with Crippen LogP contribution in [0.3, 0.4) is 0 Å². The Morgan fingerprint density at radius 3 is 2.23 bits per heavy atom. The van der Waals surface area contributed by atoms with E-state index in [0.29, 0.717) is 16.3 Å². The van der Waals surface area contributed by atoms with Gasteiger partial charge < -0.3 is 5.32 Å². The number of carbonyl (C=O) groups is 1. The van der Waals surface area contributed by atoms with E-state index >= 15 is 0 Å². The van der Waals surface area contributed by atoms with Gasteiger partial charge in [-0.1, -0.05) is 55.8 Å². The van der Waals surface area contributed by atoms with E-state index in [2.05, 4.69) is 11.4 Å². The van der Waals surface area contributed by atoms with Crippen LogP contribution in [0.5, 0.6) is 0 Å². The Morgan fingerprint density at radius 2 is 1.73 bits per heavy atom. The van der Waals surface area contributed by atoms with E-state index in [1.165, 1.54) is 0 Å². The summed E-state index contributed by atoms with van der Waals surface area (Å²) in [6, 6.07) is 18.2. The molecule has 2 aromatic rings. The zero-order valence-electron chi connectivity index (χ0n) is 12.5. The normalized spacial score (nSPS) is 13.2. The molecular formula is C18H17ClN2O. The fraction of sp³-hybridized carbons (Fsp3) is 0.222. The minimum Gasteiger partial charge on any atom is -0.324 e. The van der Waals surface area contributed by atoms with Gasteiger partial charge in [-0.3, -0.25) is 4.79 Å². The van der Waals surface area contributed by atoms with Gasteiger partial charge in [-0.15, -0.1) is 0 Å². The van der Waals surface area contributed by atoms with E-state index in [4.69, 9.17) is 11.6 Å².